The highest BCUT2D eigenvalue weighted by atomic mass is 19.1. The smallest absolute Gasteiger partial charge is 0.272 e. The second kappa shape index (κ2) is 6.50. The summed E-state index contributed by atoms with van der Waals surface area (Å²) in [4.78, 5) is 21.5. The van der Waals surface area contributed by atoms with Crippen LogP contribution in [0.4, 0.5) is 4.39 Å². The van der Waals surface area contributed by atoms with Gasteiger partial charge >= 0.3 is 0 Å². The fourth-order valence-electron chi connectivity index (χ4n) is 3.38. The molecule has 0 spiro atoms. The molecule has 27 heavy (non-hydrogen) atoms. The van der Waals surface area contributed by atoms with Crippen LogP contribution in [0.1, 0.15) is 33.7 Å². The number of rotatable bonds is 3. The minimum Gasteiger partial charge on any atom is -0.491 e. The zero-order valence-electron chi connectivity index (χ0n) is 15.1. The number of halogens is 1. The number of hydrogen-bond acceptors (Lipinski definition) is 4. The second-order valence-corrected chi connectivity index (χ2v) is 6.70. The summed E-state index contributed by atoms with van der Waals surface area (Å²) in [5.74, 6) is -0.107. The number of carbonyl (C=O) groups is 1. The molecule has 0 bridgehead atoms. The Morgan fingerprint density at radius 3 is 2.93 bits per heavy atom. The van der Waals surface area contributed by atoms with Crippen LogP contribution in [0.25, 0.3) is 0 Å². The standard InChI is InChI=1S/C20H19FN4O2/c1-13-5-6-14(10-15(13)21)20(24-19(26)16-11-25(2)12-23-16)7-9-27-17-4-3-8-22-18(17)20/h3-6,8,10-12H,7,9H2,1-2H3,(H,24,26)/t20-/m0/s1. The number of carbonyl (C=O) groups excluding carboxylic acids is 1. The third-order valence-corrected chi connectivity index (χ3v) is 4.84. The van der Waals surface area contributed by atoms with Crippen molar-refractivity contribution in [2.75, 3.05) is 6.61 Å². The fraction of sp³-hybridized carbons (Fsp3) is 0.250. The van der Waals surface area contributed by atoms with Gasteiger partial charge in [-0.3, -0.25) is 9.78 Å². The maximum absolute atomic E-state index is 14.4. The topological polar surface area (TPSA) is 69.0 Å². The molecule has 0 saturated heterocycles. The van der Waals surface area contributed by atoms with Crippen molar-refractivity contribution < 1.29 is 13.9 Å². The minimum absolute atomic E-state index is 0.286. The number of amides is 1. The number of imidazole rings is 1. The van der Waals surface area contributed by atoms with Crippen molar-refractivity contribution in [3.05, 3.63) is 77.4 Å². The van der Waals surface area contributed by atoms with Crippen molar-refractivity contribution in [3.8, 4) is 5.75 Å². The SMILES string of the molecule is Cc1ccc([C@@]2(NC(=O)c3cn(C)cn3)CCOc3cccnc32)cc1F. The average Bonchev–Trinajstić information content (AvgIpc) is 3.11. The molecule has 0 radical (unpaired) electrons. The van der Waals surface area contributed by atoms with Gasteiger partial charge in [-0.15, -0.1) is 0 Å². The quantitative estimate of drug-likeness (QED) is 0.774. The monoisotopic (exact) mass is 366 g/mol. The highest BCUT2D eigenvalue weighted by Crippen LogP contribution is 2.41. The van der Waals surface area contributed by atoms with Gasteiger partial charge in [0, 0.05) is 25.9 Å². The van der Waals surface area contributed by atoms with E-state index in [1.54, 1.807) is 55.5 Å². The first-order valence-corrected chi connectivity index (χ1v) is 8.65. The zero-order chi connectivity index (χ0) is 19.0. The number of benzene rings is 1. The molecule has 1 atom stereocenters. The van der Waals surface area contributed by atoms with Crippen molar-refractivity contribution in [2.45, 2.75) is 18.9 Å². The average molecular weight is 366 g/mol. The van der Waals surface area contributed by atoms with Crippen molar-refractivity contribution in [2.24, 2.45) is 7.05 Å². The molecule has 0 saturated carbocycles. The molecule has 138 valence electrons. The van der Waals surface area contributed by atoms with E-state index in [1.165, 1.54) is 6.07 Å². The molecule has 3 heterocycles. The summed E-state index contributed by atoms with van der Waals surface area (Å²) >= 11 is 0. The Morgan fingerprint density at radius 2 is 2.19 bits per heavy atom. The van der Waals surface area contributed by atoms with E-state index in [9.17, 15) is 9.18 Å². The van der Waals surface area contributed by atoms with E-state index in [-0.39, 0.29) is 17.4 Å². The first-order valence-electron chi connectivity index (χ1n) is 8.65. The lowest BCUT2D eigenvalue weighted by molar-refractivity contribution is 0.0878. The van der Waals surface area contributed by atoms with Crippen LogP contribution in [0.3, 0.4) is 0 Å². The van der Waals surface area contributed by atoms with Crippen LogP contribution in [0.2, 0.25) is 0 Å². The summed E-state index contributed by atoms with van der Waals surface area (Å²) in [6, 6.07) is 8.55. The summed E-state index contributed by atoms with van der Waals surface area (Å²) in [7, 11) is 1.79. The molecule has 7 heteroatoms. The van der Waals surface area contributed by atoms with E-state index in [1.807, 2.05) is 6.07 Å². The van der Waals surface area contributed by atoms with Crippen LogP contribution < -0.4 is 10.1 Å². The van der Waals surface area contributed by atoms with Gasteiger partial charge in [-0.2, -0.15) is 0 Å². The van der Waals surface area contributed by atoms with Gasteiger partial charge in [-0.05, 0) is 36.2 Å². The molecule has 2 aromatic heterocycles. The summed E-state index contributed by atoms with van der Waals surface area (Å²) in [6.07, 6.45) is 5.26. The molecule has 1 aliphatic heterocycles. The molecule has 4 rings (SSSR count). The Balaban J connectivity index is 1.86. The van der Waals surface area contributed by atoms with E-state index >= 15 is 0 Å². The molecule has 1 aliphatic rings. The van der Waals surface area contributed by atoms with Crippen LogP contribution >= 0.6 is 0 Å². The largest absolute Gasteiger partial charge is 0.491 e. The maximum Gasteiger partial charge on any atom is 0.272 e. The fourth-order valence-corrected chi connectivity index (χ4v) is 3.38. The summed E-state index contributed by atoms with van der Waals surface area (Å²) < 4.78 is 21.8. The number of hydrogen-bond donors (Lipinski definition) is 1. The Hall–Kier alpha value is -3.22. The van der Waals surface area contributed by atoms with Crippen LogP contribution in [0, 0.1) is 12.7 Å². The first-order chi connectivity index (χ1) is 13.0. The second-order valence-electron chi connectivity index (χ2n) is 6.70. The van der Waals surface area contributed by atoms with Gasteiger partial charge in [0.25, 0.3) is 5.91 Å². The first kappa shape index (κ1) is 17.2. The highest BCUT2D eigenvalue weighted by molar-refractivity contribution is 5.93. The van der Waals surface area contributed by atoms with Crippen LogP contribution in [0.15, 0.2) is 49.1 Å². The Labute approximate surface area is 156 Å². The van der Waals surface area contributed by atoms with Gasteiger partial charge in [0.1, 0.15) is 28.5 Å². The van der Waals surface area contributed by atoms with Crippen molar-refractivity contribution >= 4 is 5.91 Å². The molecule has 6 nitrogen and oxygen atoms in total. The Kier molecular flexibility index (Phi) is 4.14. The molecular weight excluding hydrogens is 347 g/mol. The van der Waals surface area contributed by atoms with Crippen LogP contribution in [-0.4, -0.2) is 27.0 Å². The molecule has 1 N–H and O–H groups in total. The van der Waals surface area contributed by atoms with Crippen molar-refractivity contribution in [3.63, 3.8) is 0 Å². The minimum atomic E-state index is -1.00. The molecule has 0 aliphatic carbocycles. The summed E-state index contributed by atoms with van der Waals surface area (Å²) in [5, 5.41) is 3.06. The van der Waals surface area contributed by atoms with Crippen LogP contribution in [0.5, 0.6) is 5.75 Å². The molecule has 1 amide bonds. The number of fused-ring (bicyclic) bond motifs is 1. The van der Waals surface area contributed by atoms with Gasteiger partial charge in [-0.25, -0.2) is 9.37 Å². The number of nitrogens with zero attached hydrogens (tertiary/aromatic N) is 3. The number of aryl methyl sites for hydroxylation is 2. The third kappa shape index (κ3) is 2.95. The van der Waals surface area contributed by atoms with E-state index < -0.39 is 5.54 Å². The van der Waals surface area contributed by atoms with E-state index in [0.29, 0.717) is 35.6 Å². The Bertz CT molecular complexity index is 1020. The van der Waals surface area contributed by atoms with Crippen LogP contribution in [-0.2, 0) is 12.6 Å². The van der Waals surface area contributed by atoms with Gasteiger partial charge in [0.2, 0.25) is 0 Å². The molecule has 0 unspecified atom stereocenters. The van der Waals surface area contributed by atoms with Gasteiger partial charge in [0.15, 0.2) is 0 Å². The van der Waals surface area contributed by atoms with E-state index in [0.717, 1.165) is 0 Å². The predicted octanol–water partition coefficient (Wildman–Crippen LogP) is 2.72. The number of ether oxygens (including phenoxy) is 1. The lowest BCUT2D eigenvalue weighted by Crippen LogP contribution is -2.50. The molecule has 1 aromatic carbocycles. The summed E-state index contributed by atoms with van der Waals surface area (Å²) in [6.45, 7) is 2.07. The highest BCUT2D eigenvalue weighted by Gasteiger charge is 2.43. The third-order valence-electron chi connectivity index (χ3n) is 4.84. The lowest BCUT2D eigenvalue weighted by Gasteiger charge is -2.38. The van der Waals surface area contributed by atoms with E-state index in [2.05, 4.69) is 15.3 Å². The normalized spacial score (nSPS) is 18.5. The van der Waals surface area contributed by atoms with Gasteiger partial charge in [0.05, 0.1) is 12.9 Å². The van der Waals surface area contributed by atoms with Crippen molar-refractivity contribution in [1.29, 1.82) is 0 Å². The lowest BCUT2D eigenvalue weighted by atomic mass is 9.81. The van der Waals surface area contributed by atoms with E-state index in [4.69, 9.17) is 4.74 Å². The van der Waals surface area contributed by atoms with Gasteiger partial charge in [-0.1, -0.05) is 12.1 Å². The molecular formula is C20H19FN4O2. The predicted molar refractivity (Wildman–Crippen MR) is 96.9 cm³/mol. The molecule has 0 fully saturated rings. The number of nitrogens with one attached hydrogen (secondary N) is 1. The molecule has 3 aromatic rings. The van der Waals surface area contributed by atoms with Gasteiger partial charge < -0.3 is 14.6 Å². The Morgan fingerprint density at radius 1 is 1.33 bits per heavy atom. The number of aromatic nitrogens is 3. The van der Waals surface area contributed by atoms with Crippen molar-refractivity contribution in [1.82, 2.24) is 19.9 Å². The number of pyridine rings is 1. The maximum atomic E-state index is 14.4. The summed E-state index contributed by atoms with van der Waals surface area (Å²) in [5.41, 5.74) is 1.01. The zero-order valence-corrected chi connectivity index (χ0v) is 15.1.